The fourth-order valence-corrected chi connectivity index (χ4v) is 3.24. The van der Waals surface area contributed by atoms with E-state index in [0.717, 1.165) is 5.92 Å². The lowest BCUT2D eigenvalue weighted by molar-refractivity contribution is 0.242. The third-order valence-electron chi connectivity index (χ3n) is 4.60. The summed E-state index contributed by atoms with van der Waals surface area (Å²) in [7, 11) is 2.26. The summed E-state index contributed by atoms with van der Waals surface area (Å²) in [5.41, 5.74) is 6.11. The predicted molar refractivity (Wildman–Crippen MR) is 73.1 cm³/mol. The molecular formula is C14H29N3. The van der Waals surface area contributed by atoms with Gasteiger partial charge in [-0.05, 0) is 64.7 Å². The molecule has 1 heterocycles. The average Bonchev–Trinajstić information content (AvgIpc) is 2.95. The van der Waals surface area contributed by atoms with Crippen molar-refractivity contribution in [2.75, 3.05) is 39.8 Å². The summed E-state index contributed by atoms with van der Waals surface area (Å²) in [6.45, 7) is 6.35. The van der Waals surface area contributed by atoms with Gasteiger partial charge in [-0.1, -0.05) is 6.42 Å². The average molecular weight is 239 g/mol. The van der Waals surface area contributed by atoms with Crippen molar-refractivity contribution in [2.24, 2.45) is 11.7 Å². The standard InChI is InChI=1S/C14H29N3/c1-16(11-12-17-8-2-3-9-17)10-7-13-5-4-6-14(13)15/h13-14H,2-12,15H2,1H3. The summed E-state index contributed by atoms with van der Waals surface area (Å²) >= 11 is 0. The Morgan fingerprint density at radius 1 is 1.12 bits per heavy atom. The van der Waals surface area contributed by atoms with Gasteiger partial charge in [-0.15, -0.1) is 0 Å². The van der Waals surface area contributed by atoms with Gasteiger partial charge in [0.2, 0.25) is 0 Å². The lowest BCUT2D eigenvalue weighted by Gasteiger charge is -2.23. The van der Waals surface area contributed by atoms with Crippen LogP contribution in [0.2, 0.25) is 0 Å². The molecule has 100 valence electrons. The van der Waals surface area contributed by atoms with E-state index >= 15 is 0 Å². The predicted octanol–water partition coefficient (Wildman–Crippen LogP) is 1.53. The van der Waals surface area contributed by atoms with Crippen LogP contribution in [0.25, 0.3) is 0 Å². The number of nitrogens with two attached hydrogens (primary N) is 1. The maximum absolute atomic E-state index is 6.11. The van der Waals surface area contributed by atoms with Crippen molar-refractivity contribution >= 4 is 0 Å². The minimum absolute atomic E-state index is 0.488. The molecule has 0 bridgehead atoms. The number of rotatable bonds is 6. The van der Waals surface area contributed by atoms with Crippen LogP contribution in [0.5, 0.6) is 0 Å². The Balaban J connectivity index is 1.55. The first-order valence-electron chi connectivity index (χ1n) is 7.42. The summed E-state index contributed by atoms with van der Waals surface area (Å²) in [5, 5.41) is 0. The largest absolute Gasteiger partial charge is 0.327 e. The third kappa shape index (κ3) is 4.23. The Morgan fingerprint density at radius 2 is 1.88 bits per heavy atom. The Kier molecular flexibility index (Phi) is 5.26. The zero-order valence-corrected chi connectivity index (χ0v) is 11.4. The number of nitrogens with zero attached hydrogens (tertiary/aromatic N) is 2. The molecule has 3 nitrogen and oxygen atoms in total. The van der Waals surface area contributed by atoms with Crippen molar-refractivity contribution in [3.63, 3.8) is 0 Å². The van der Waals surface area contributed by atoms with Crippen molar-refractivity contribution in [2.45, 2.75) is 44.6 Å². The lowest BCUT2D eigenvalue weighted by Crippen LogP contribution is -2.34. The molecule has 0 radical (unpaired) electrons. The number of likely N-dealkylation sites (N-methyl/N-ethyl adjacent to an activating group) is 1. The van der Waals surface area contributed by atoms with E-state index in [9.17, 15) is 0 Å². The van der Waals surface area contributed by atoms with Gasteiger partial charge >= 0.3 is 0 Å². The fraction of sp³-hybridized carbons (Fsp3) is 1.00. The van der Waals surface area contributed by atoms with Crippen LogP contribution in [-0.4, -0.2) is 55.6 Å². The van der Waals surface area contributed by atoms with Crippen LogP contribution in [0.1, 0.15) is 38.5 Å². The molecule has 0 aromatic carbocycles. The highest BCUT2D eigenvalue weighted by atomic mass is 15.2. The van der Waals surface area contributed by atoms with Crippen molar-refractivity contribution in [3.05, 3.63) is 0 Å². The molecule has 0 aromatic heterocycles. The summed E-state index contributed by atoms with van der Waals surface area (Å²) in [5.74, 6) is 0.796. The summed E-state index contributed by atoms with van der Waals surface area (Å²) in [4.78, 5) is 5.08. The molecule has 1 saturated heterocycles. The van der Waals surface area contributed by atoms with Crippen molar-refractivity contribution < 1.29 is 0 Å². The Morgan fingerprint density at radius 3 is 2.53 bits per heavy atom. The van der Waals surface area contributed by atoms with E-state index in [1.807, 2.05) is 0 Å². The first-order valence-corrected chi connectivity index (χ1v) is 7.42. The molecular weight excluding hydrogens is 210 g/mol. The van der Waals surface area contributed by atoms with Crippen LogP contribution in [0.4, 0.5) is 0 Å². The maximum atomic E-state index is 6.11. The molecule has 0 spiro atoms. The van der Waals surface area contributed by atoms with E-state index in [0.29, 0.717) is 6.04 Å². The van der Waals surface area contributed by atoms with E-state index < -0.39 is 0 Å². The monoisotopic (exact) mass is 239 g/mol. The second kappa shape index (κ2) is 6.72. The molecule has 2 fully saturated rings. The quantitative estimate of drug-likeness (QED) is 0.763. The van der Waals surface area contributed by atoms with Crippen LogP contribution in [0.15, 0.2) is 0 Å². The molecule has 2 unspecified atom stereocenters. The normalized spacial score (nSPS) is 30.5. The topological polar surface area (TPSA) is 32.5 Å². The summed E-state index contributed by atoms with van der Waals surface area (Å²) in [6.07, 6.45) is 8.07. The molecule has 17 heavy (non-hydrogen) atoms. The van der Waals surface area contributed by atoms with Gasteiger partial charge < -0.3 is 15.5 Å². The Hall–Kier alpha value is -0.120. The summed E-state index contributed by atoms with van der Waals surface area (Å²) < 4.78 is 0. The second-order valence-electron chi connectivity index (χ2n) is 6.00. The molecule has 3 heteroatoms. The van der Waals surface area contributed by atoms with Gasteiger partial charge in [-0.3, -0.25) is 0 Å². The fourth-order valence-electron chi connectivity index (χ4n) is 3.24. The van der Waals surface area contributed by atoms with Gasteiger partial charge in [0.05, 0.1) is 0 Å². The molecule has 0 amide bonds. The van der Waals surface area contributed by atoms with Gasteiger partial charge in [0, 0.05) is 19.1 Å². The highest BCUT2D eigenvalue weighted by Crippen LogP contribution is 2.26. The van der Waals surface area contributed by atoms with Gasteiger partial charge in [-0.2, -0.15) is 0 Å². The van der Waals surface area contributed by atoms with Crippen LogP contribution in [-0.2, 0) is 0 Å². The zero-order valence-electron chi connectivity index (χ0n) is 11.4. The van der Waals surface area contributed by atoms with Gasteiger partial charge in [-0.25, -0.2) is 0 Å². The number of hydrogen-bond acceptors (Lipinski definition) is 3. The maximum Gasteiger partial charge on any atom is 0.0109 e. The van der Waals surface area contributed by atoms with Gasteiger partial charge in [0.25, 0.3) is 0 Å². The van der Waals surface area contributed by atoms with E-state index in [2.05, 4.69) is 16.8 Å². The van der Waals surface area contributed by atoms with E-state index in [1.54, 1.807) is 0 Å². The molecule has 1 aliphatic heterocycles. The molecule has 1 aliphatic carbocycles. The number of hydrogen-bond donors (Lipinski definition) is 1. The lowest BCUT2D eigenvalue weighted by atomic mass is 10.0. The van der Waals surface area contributed by atoms with Gasteiger partial charge in [0.15, 0.2) is 0 Å². The van der Waals surface area contributed by atoms with Gasteiger partial charge in [0.1, 0.15) is 0 Å². The highest BCUT2D eigenvalue weighted by molar-refractivity contribution is 4.80. The summed E-state index contributed by atoms with van der Waals surface area (Å²) in [6, 6.07) is 0.488. The first-order chi connectivity index (χ1) is 8.25. The third-order valence-corrected chi connectivity index (χ3v) is 4.60. The van der Waals surface area contributed by atoms with E-state index in [4.69, 9.17) is 5.73 Å². The molecule has 2 N–H and O–H groups in total. The molecule has 2 rings (SSSR count). The van der Waals surface area contributed by atoms with E-state index in [1.165, 1.54) is 71.2 Å². The van der Waals surface area contributed by atoms with Crippen LogP contribution < -0.4 is 5.73 Å². The first kappa shape index (κ1) is 13.3. The second-order valence-corrected chi connectivity index (χ2v) is 6.00. The van der Waals surface area contributed by atoms with Crippen molar-refractivity contribution in [1.29, 1.82) is 0 Å². The van der Waals surface area contributed by atoms with E-state index in [-0.39, 0.29) is 0 Å². The van der Waals surface area contributed by atoms with Crippen molar-refractivity contribution in [3.8, 4) is 0 Å². The number of likely N-dealkylation sites (tertiary alicyclic amines) is 1. The molecule has 2 atom stereocenters. The van der Waals surface area contributed by atoms with Crippen LogP contribution in [0.3, 0.4) is 0 Å². The highest BCUT2D eigenvalue weighted by Gasteiger charge is 2.23. The Labute approximate surface area is 106 Å². The Bertz CT molecular complexity index is 214. The minimum Gasteiger partial charge on any atom is -0.327 e. The smallest absolute Gasteiger partial charge is 0.0109 e. The SMILES string of the molecule is CN(CCC1CCCC1N)CCN1CCCC1. The molecule has 1 saturated carbocycles. The molecule has 2 aliphatic rings. The minimum atomic E-state index is 0.488. The molecule has 0 aromatic rings. The van der Waals surface area contributed by atoms with Crippen LogP contribution in [0, 0.1) is 5.92 Å². The van der Waals surface area contributed by atoms with Crippen molar-refractivity contribution in [1.82, 2.24) is 9.80 Å². The zero-order chi connectivity index (χ0) is 12.1. The van der Waals surface area contributed by atoms with Crippen LogP contribution >= 0.6 is 0 Å².